The van der Waals surface area contributed by atoms with Gasteiger partial charge in [-0.2, -0.15) is 13.2 Å². The Morgan fingerprint density at radius 3 is 2.56 bits per heavy atom. The lowest BCUT2D eigenvalue weighted by molar-refractivity contribution is -0.175. The van der Waals surface area contributed by atoms with Crippen molar-refractivity contribution < 1.29 is 18.0 Å². The normalized spacial score (nSPS) is 35.1. The minimum atomic E-state index is -4.77. The van der Waals surface area contributed by atoms with Crippen molar-refractivity contribution in [3.8, 4) is 0 Å². The Labute approximate surface area is 92.0 Å². The van der Waals surface area contributed by atoms with Crippen LogP contribution >= 0.6 is 0 Å². The van der Waals surface area contributed by atoms with E-state index in [1.807, 2.05) is 7.05 Å². The molecule has 1 amide bonds. The second-order valence-electron chi connectivity index (χ2n) is 4.76. The van der Waals surface area contributed by atoms with Crippen LogP contribution in [0.4, 0.5) is 13.2 Å². The van der Waals surface area contributed by atoms with E-state index in [4.69, 9.17) is 0 Å². The first-order valence-electron chi connectivity index (χ1n) is 5.46. The van der Waals surface area contributed by atoms with Crippen LogP contribution in [0, 0.1) is 5.92 Å². The van der Waals surface area contributed by atoms with Crippen molar-refractivity contribution in [3.63, 3.8) is 0 Å². The lowest BCUT2D eigenvalue weighted by Gasteiger charge is -2.48. The van der Waals surface area contributed by atoms with Gasteiger partial charge in [-0.05, 0) is 32.2 Å². The van der Waals surface area contributed by atoms with Gasteiger partial charge in [0.15, 0.2) is 0 Å². The summed E-state index contributed by atoms with van der Waals surface area (Å²) in [7, 11) is 1.91. The Kier molecular flexibility index (Phi) is 2.86. The Morgan fingerprint density at radius 2 is 2.06 bits per heavy atom. The molecular formula is C10H15F3N2O. The van der Waals surface area contributed by atoms with Crippen LogP contribution in [0.1, 0.15) is 19.3 Å². The summed E-state index contributed by atoms with van der Waals surface area (Å²) in [6, 6.07) is -0.275. The molecule has 3 atom stereocenters. The number of piperidine rings is 2. The number of halogens is 3. The highest BCUT2D eigenvalue weighted by atomic mass is 19.4. The second kappa shape index (κ2) is 3.91. The van der Waals surface area contributed by atoms with Crippen molar-refractivity contribution in [2.24, 2.45) is 5.92 Å². The highest BCUT2D eigenvalue weighted by molar-refractivity contribution is 5.82. The van der Waals surface area contributed by atoms with E-state index in [9.17, 15) is 18.0 Å². The molecule has 1 aliphatic carbocycles. The molecule has 6 heteroatoms. The largest absolute Gasteiger partial charge is 0.471 e. The molecule has 2 saturated heterocycles. The van der Waals surface area contributed by atoms with Crippen LogP contribution in [0.2, 0.25) is 0 Å². The molecule has 0 aromatic carbocycles. The molecule has 0 aromatic rings. The third kappa shape index (κ3) is 2.16. The zero-order chi connectivity index (χ0) is 11.9. The quantitative estimate of drug-likeness (QED) is 0.740. The van der Waals surface area contributed by atoms with E-state index in [-0.39, 0.29) is 12.1 Å². The van der Waals surface area contributed by atoms with Gasteiger partial charge in [0.05, 0.1) is 0 Å². The van der Waals surface area contributed by atoms with Gasteiger partial charge < -0.3 is 10.2 Å². The summed E-state index contributed by atoms with van der Waals surface area (Å²) in [5.74, 6) is -1.38. The number of likely N-dealkylation sites (N-methyl/N-ethyl adjacent to an activating group) is 1. The van der Waals surface area contributed by atoms with Crippen LogP contribution in [0.3, 0.4) is 0 Å². The molecule has 16 heavy (non-hydrogen) atoms. The Morgan fingerprint density at radius 1 is 1.38 bits per heavy atom. The van der Waals surface area contributed by atoms with Crippen molar-refractivity contribution in [1.29, 1.82) is 0 Å². The number of amides is 1. The summed E-state index contributed by atoms with van der Waals surface area (Å²) < 4.78 is 36.4. The van der Waals surface area contributed by atoms with E-state index >= 15 is 0 Å². The average Bonchev–Trinajstić information content (AvgIpc) is 2.16. The van der Waals surface area contributed by atoms with Crippen LogP contribution in [-0.2, 0) is 4.79 Å². The predicted molar refractivity (Wildman–Crippen MR) is 51.7 cm³/mol. The SMILES string of the molecule is CN1CC2CCC1C(NC(=O)C(F)(F)F)C2. The third-order valence-electron chi connectivity index (χ3n) is 3.61. The van der Waals surface area contributed by atoms with E-state index in [0.29, 0.717) is 12.3 Å². The molecule has 1 N–H and O–H groups in total. The fourth-order valence-electron chi connectivity index (χ4n) is 2.88. The standard InChI is InChI=1S/C10H15F3N2O/c1-15-5-6-2-3-8(15)7(4-6)14-9(16)10(11,12)13/h6-8H,2-5H2,1H3,(H,14,16). The molecule has 2 aliphatic heterocycles. The van der Waals surface area contributed by atoms with Crippen molar-refractivity contribution in [2.75, 3.05) is 13.6 Å². The number of fused-ring (bicyclic) bond motifs is 3. The predicted octanol–water partition coefficient (Wildman–Crippen LogP) is 1.15. The fraction of sp³-hybridized carbons (Fsp3) is 0.900. The Bertz CT molecular complexity index is 292. The first kappa shape index (κ1) is 11.7. The number of nitrogens with one attached hydrogen (secondary N) is 1. The monoisotopic (exact) mass is 236 g/mol. The van der Waals surface area contributed by atoms with Crippen molar-refractivity contribution in [3.05, 3.63) is 0 Å². The average molecular weight is 236 g/mol. The molecule has 2 bridgehead atoms. The molecule has 0 radical (unpaired) electrons. The number of carbonyl (C=O) groups is 1. The van der Waals surface area contributed by atoms with Gasteiger partial charge in [-0.15, -0.1) is 0 Å². The van der Waals surface area contributed by atoms with Crippen LogP contribution in [0.5, 0.6) is 0 Å². The highest BCUT2D eigenvalue weighted by Gasteiger charge is 2.44. The third-order valence-corrected chi connectivity index (χ3v) is 3.61. The van der Waals surface area contributed by atoms with Crippen molar-refractivity contribution >= 4 is 5.91 Å². The first-order chi connectivity index (χ1) is 7.38. The maximum absolute atomic E-state index is 12.1. The van der Waals surface area contributed by atoms with E-state index < -0.39 is 12.1 Å². The van der Waals surface area contributed by atoms with Crippen LogP contribution in [-0.4, -0.2) is 42.7 Å². The van der Waals surface area contributed by atoms with Crippen molar-refractivity contribution in [1.82, 2.24) is 10.2 Å². The van der Waals surface area contributed by atoms with Gasteiger partial charge >= 0.3 is 12.1 Å². The minimum absolute atomic E-state index is 0.0660. The number of carbonyl (C=O) groups excluding carboxylic acids is 1. The highest BCUT2D eigenvalue weighted by Crippen LogP contribution is 2.34. The van der Waals surface area contributed by atoms with Crippen LogP contribution < -0.4 is 5.32 Å². The van der Waals surface area contributed by atoms with Gasteiger partial charge in [0, 0.05) is 18.6 Å². The maximum Gasteiger partial charge on any atom is 0.471 e. The van der Waals surface area contributed by atoms with Crippen molar-refractivity contribution in [2.45, 2.75) is 37.5 Å². The molecule has 2 heterocycles. The van der Waals surface area contributed by atoms with Gasteiger partial charge in [-0.3, -0.25) is 4.79 Å². The molecule has 92 valence electrons. The molecule has 1 saturated carbocycles. The summed E-state index contributed by atoms with van der Waals surface area (Å²) in [4.78, 5) is 12.9. The number of hydrogen-bond acceptors (Lipinski definition) is 2. The smallest absolute Gasteiger partial charge is 0.344 e. The summed E-state index contributed by atoms with van der Waals surface area (Å²) in [5, 5.41) is 2.12. The van der Waals surface area contributed by atoms with Gasteiger partial charge in [-0.1, -0.05) is 0 Å². The molecule has 3 unspecified atom stereocenters. The zero-order valence-electron chi connectivity index (χ0n) is 9.05. The van der Waals surface area contributed by atoms with E-state index in [2.05, 4.69) is 10.2 Å². The van der Waals surface area contributed by atoms with Crippen LogP contribution in [0.15, 0.2) is 0 Å². The summed E-state index contributed by atoms with van der Waals surface area (Å²) in [6.45, 7) is 0.934. The van der Waals surface area contributed by atoms with Gasteiger partial charge in [0.25, 0.3) is 0 Å². The number of hydrogen-bond donors (Lipinski definition) is 1. The van der Waals surface area contributed by atoms with Crippen LogP contribution in [0.25, 0.3) is 0 Å². The summed E-state index contributed by atoms with van der Waals surface area (Å²) in [6.07, 6.45) is -2.15. The van der Waals surface area contributed by atoms with E-state index in [1.165, 1.54) is 0 Å². The molecule has 3 fully saturated rings. The fourth-order valence-corrected chi connectivity index (χ4v) is 2.88. The molecular weight excluding hydrogens is 221 g/mol. The van der Waals surface area contributed by atoms with Gasteiger partial charge in [0.1, 0.15) is 0 Å². The van der Waals surface area contributed by atoms with E-state index in [0.717, 1.165) is 19.4 Å². The molecule has 3 nitrogen and oxygen atoms in total. The molecule has 3 rings (SSSR count). The number of alkyl halides is 3. The minimum Gasteiger partial charge on any atom is -0.344 e. The Balaban J connectivity index is 1.99. The molecule has 0 aromatic heterocycles. The molecule has 3 aliphatic rings. The Hall–Kier alpha value is -0.780. The van der Waals surface area contributed by atoms with E-state index in [1.54, 1.807) is 0 Å². The lowest BCUT2D eigenvalue weighted by atomic mass is 9.77. The summed E-state index contributed by atoms with van der Waals surface area (Å²) >= 11 is 0. The topological polar surface area (TPSA) is 32.3 Å². The molecule has 0 spiro atoms. The number of rotatable bonds is 1. The first-order valence-corrected chi connectivity index (χ1v) is 5.46. The number of nitrogens with zero attached hydrogens (tertiary/aromatic N) is 1. The maximum atomic E-state index is 12.1. The van der Waals surface area contributed by atoms with Gasteiger partial charge in [-0.25, -0.2) is 0 Å². The summed E-state index contributed by atoms with van der Waals surface area (Å²) in [5.41, 5.74) is 0. The van der Waals surface area contributed by atoms with Gasteiger partial charge in [0.2, 0.25) is 0 Å². The second-order valence-corrected chi connectivity index (χ2v) is 4.76. The lowest BCUT2D eigenvalue weighted by Crippen LogP contribution is -2.61. The zero-order valence-corrected chi connectivity index (χ0v) is 9.05.